The number of benzene rings is 6. The third-order valence-electron chi connectivity index (χ3n) is 18.1. The molecular weight excluding hydrogens is 1210 g/mol. The number of aliphatic hydroxyl groups excluding tert-OH is 2. The fourth-order valence-electron chi connectivity index (χ4n) is 14.3. The molecule has 6 N–H and O–H groups in total. The highest BCUT2D eigenvalue weighted by molar-refractivity contribution is 7.95. The molecule has 12 rings (SSSR count). The summed E-state index contributed by atoms with van der Waals surface area (Å²) in [4.78, 5) is 33.1. The van der Waals surface area contributed by atoms with E-state index in [0.717, 1.165) is 116 Å². The van der Waals surface area contributed by atoms with E-state index in [4.69, 9.17) is 21.1 Å². The van der Waals surface area contributed by atoms with Gasteiger partial charge in [-0.15, -0.1) is 11.6 Å². The quantitative estimate of drug-likeness (QED) is 0.0349. The van der Waals surface area contributed by atoms with E-state index in [1.54, 1.807) is 38.5 Å². The van der Waals surface area contributed by atoms with E-state index in [0.29, 0.717) is 30.9 Å². The number of likely N-dealkylation sites (tertiary alicyclic amines) is 2. The van der Waals surface area contributed by atoms with E-state index in [-0.39, 0.29) is 61.2 Å². The molecule has 91 heavy (non-hydrogen) atoms. The predicted molar refractivity (Wildman–Crippen MR) is 361 cm³/mol. The Morgan fingerprint density at radius 2 is 0.901 bits per heavy atom. The maximum Gasteiger partial charge on any atom is 0.254 e. The van der Waals surface area contributed by atoms with Crippen molar-refractivity contribution in [3.8, 4) is 11.5 Å². The number of sulfonamides is 2. The molecule has 6 aromatic rings. The van der Waals surface area contributed by atoms with Crippen LogP contribution in [0.3, 0.4) is 0 Å². The normalized spacial score (nSPS) is 18.8. The minimum Gasteiger partial charge on any atom is -0.497 e. The summed E-state index contributed by atoms with van der Waals surface area (Å²) in [5.74, 6) is 1.38. The van der Waals surface area contributed by atoms with Crippen molar-refractivity contribution in [3.05, 3.63) is 213 Å². The van der Waals surface area contributed by atoms with Crippen LogP contribution in [-0.2, 0) is 68.7 Å². The van der Waals surface area contributed by atoms with Gasteiger partial charge in [0, 0.05) is 116 Å². The van der Waals surface area contributed by atoms with Crippen molar-refractivity contribution in [2.45, 2.75) is 71.9 Å². The summed E-state index contributed by atoms with van der Waals surface area (Å²) in [5, 5.41) is 29.0. The number of anilines is 4. The van der Waals surface area contributed by atoms with E-state index in [1.165, 1.54) is 50.1 Å². The third-order valence-corrected chi connectivity index (χ3v) is 20.3. The second kappa shape index (κ2) is 27.7. The molecular formula is C70H81ClN8O10S2. The van der Waals surface area contributed by atoms with Gasteiger partial charge in [0.1, 0.15) is 17.4 Å². The van der Waals surface area contributed by atoms with Gasteiger partial charge in [0.05, 0.1) is 39.5 Å². The van der Waals surface area contributed by atoms with E-state index in [9.17, 15) is 36.6 Å². The van der Waals surface area contributed by atoms with E-state index >= 15 is 0 Å². The number of alkyl halides is 1. The number of aliphatic hydroxyl groups is 2. The third kappa shape index (κ3) is 14.4. The number of carbonyl (C=O) groups is 2. The Morgan fingerprint density at radius 1 is 0.549 bits per heavy atom. The zero-order valence-corrected chi connectivity index (χ0v) is 53.3. The van der Waals surface area contributed by atoms with Crippen molar-refractivity contribution in [3.63, 3.8) is 0 Å². The van der Waals surface area contributed by atoms with Gasteiger partial charge in [-0.2, -0.15) is 0 Å². The van der Waals surface area contributed by atoms with Gasteiger partial charge in [-0.1, -0.05) is 88.2 Å². The van der Waals surface area contributed by atoms with Crippen LogP contribution in [0.5, 0.6) is 11.5 Å². The summed E-state index contributed by atoms with van der Waals surface area (Å²) in [7, 11) is -3.79. The molecule has 18 nitrogen and oxygen atoms in total. The molecule has 0 bridgehead atoms. The fraction of sp³-hybridized carbons (Fsp3) is 0.343. The number of nitrogens with one attached hydrogen (secondary N) is 4. The van der Waals surface area contributed by atoms with Gasteiger partial charge in [-0.25, -0.2) is 16.8 Å². The number of carbonyl (C=O) groups excluding carboxylic acids is 2. The molecule has 4 heterocycles. The molecule has 2 spiro atoms. The van der Waals surface area contributed by atoms with Crippen LogP contribution in [0.2, 0.25) is 0 Å². The average molecular weight is 1290 g/mol. The fourth-order valence-corrected chi connectivity index (χ4v) is 15.4. The van der Waals surface area contributed by atoms with Gasteiger partial charge in [-0.3, -0.25) is 38.6 Å². The molecule has 2 amide bonds. The van der Waals surface area contributed by atoms with Crippen LogP contribution < -0.4 is 29.6 Å². The first-order valence-electron chi connectivity index (χ1n) is 30.1. The molecule has 480 valence electrons. The number of hydrogen-bond donors (Lipinski definition) is 6. The van der Waals surface area contributed by atoms with Gasteiger partial charge in [0.25, 0.3) is 20.0 Å². The molecule has 0 radical (unpaired) electrons. The summed E-state index contributed by atoms with van der Waals surface area (Å²) in [5.41, 5.74) is 17.0. The number of methoxy groups -OCH3 is 2. The molecule has 2 atom stereocenters. The second-order valence-corrected chi connectivity index (χ2v) is 27.8. The van der Waals surface area contributed by atoms with E-state index in [2.05, 4.69) is 101 Å². The monoisotopic (exact) mass is 1290 g/mol. The van der Waals surface area contributed by atoms with Gasteiger partial charge < -0.3 is 30.3 Å². The van der Waals surface area contributed by atoms with Crippen LogP contribution in [0, 0.1) is 10.8 Å². The van der Waals surface area contributed by atoms with Crippen LogP contribution in [-0.4, -0.2) is 143 Å². The number of hydrogen-bond acceptors (Lipinski definition) is 14. The van der Waals surface area contributed by atoms with Crippen LogP contribution in [0.1, 0.15) is 65.3 Å². The largest absolute Gasteiger partial charge is 0.497 e. The van der Waals surface area contributed by atoms with Crippen LogP contribution >= 0.6 is 11.6 Å². The standard InChI is InChI=1S/C35H39ClN4O4.C34H38N4O6S2.CH4/c1-3-32(42)37-26-10-6-24(7-11-26)18-40-22-35(20-39(21-35)17-23-4-8-27(9-5-23)38-33(43)16-36)34-29-13-12-28(44-2)14-25(29)15-30(34)31(40)19-41;1-4-45(40,41)35-27-10-6-24(7-11-27)18-37-21-34(22-37)23-38(19-25-8-12-28(13-9-25)36-46(42,43)5-2)32(20-39)31-17-26-16-29(44-3)14-15-30(26)33(31)34;/h4-14,31,41H,3,15-22H2,1-2H3,(H,37,42)(H,38,43);4-16,32,35-36,39H,1-2,17-23H2,3H3;1H4. The number of nitrogens with zero attached hydrogens (tertiary/aromatic N) is 4. The van der Waals surface area contributed by atoms with Crippen molar-refractivity contribution >= 4 is 77.4 Å². The molecule has 0 aromatic heterocycles. The van der Waals surface area contributed by atoms with E-state index < -0.39 is 20.0 Å². The summed E-state index contributed by atoms with van der Waals surface area (Å²) in [6.45, 7) is 16.5. The number of halogens is 1. The van der Waals surface area contributed by atoms with Crippen molar-refractivity contribution in [2.75, 3.05) is 92.7 Å². The van der Waals surface area contributed by atoms with Gasteiger partial charge in [-0.05, 0) is 152 Å². The Kier molecular flexibility index (Phi) is 20.2. The first-order valence-corrected chi connectivity index (χ1v) is 33.7. The molecule has 6 aliphatic rings. The molecule has 2 fully saturated rings. The molecule has 2 unspecified atom stereocenters. The summed E-state index contributed by atoms with van der Waals surface area (Å²) < 4.78 is 63.6. The van der Waals surface area contributed by atoms with Gasteiger partial charge >= 0.3 is 0 Å². The maximum atomic E-state index is 11.9. The second-order valence-electron chi connectivity index (χ2n) is 24.3. The summed E-state index contributed by atoms with van der Waals surface area (Å²) in [6, 6.07) is 43.1. The van der Waals surface area contributed by atoms with Crippen molar-refractivity contribution in [2.24, 2.45) is 10.8 Å². The van der Waals surface area contributed by atoms with Gasteiger partial charge in [0.15, 0.2) is 0 Å². The lowest BCUT2D eigenvalue weighted by atomic mass is 9.66. The molecule has 0 saturated carbocycles. The Labute approximate surface area is 540 Å². The highest BCUT2D eigenvalue weighted by atomic mass is 35.5. The lowest BCUT2D eigenvalue weighted by Gasteiger charge is -2.57. The smallest absolute Gasteiger partial charge is 0.254 e. The zero-order chi connectivity index (χ0) is 63.5. The predicted octanol–water partition coefficient (Wildman–Crippen LogP) is 9.70. The molecule has 4 aliphatic heterocycles. The molecule has 21 heteroatoms. The lowest BCUT2D eigenvalue weighted by Crippen LogP contribution is -2.64. The Morgan fingerprint density at radius 3 is 1.23 bits per heavy atom. The molecule has 2 aliphatic carbocycles. The Bertz CT molecular complexity index is 3980. The summed E-state index contributed by atoms with van der Waals surface area (Å²) in [6.07, 6.45) is 2.00. The first kappa shape index (κ1) is 66.3. The van der Waals surface area contributed by atoms with Gasteiger partial charge in [0.2, 0.25) is 11.8 Å². The highest BCUT2D eigenvalue weighted by Gasteiger charge is 2.56. The van der Waals surface area contributed by atoms with Crippen LogP contribution in [0.15, 0.2) is 169 Å². The van der Waals surface area contributed by atoms with Crippen LogP contribution in [0.25, 0.3) is 11.1 Å². The van der Waals surface area contributed by atoms with Crippen LogP contribution in [0.4, 0.5) is 22.7 Å². The topological polar surface area (TPSA) is 222 Å². The van der Waals surface area contributed by atoms with E-state index in [1.807, 2.05) is 67.6 Å². The van der Waals surface area contributed by atoms with Crippen molar-refractivity contribution in [1.82, 2.24) is 19.6 Å². The number of amides is 2. The SMILES string of the molecule is C.C=CS(=O)(=O)Nc1ccc(CN2CC3(C2)CN(Cc2ccc(NS(=O)(=O)C=C)cc2)C(CO)C2=C3c3ccc(OC)cc3C2)cc1.CCC(=O)Nc1ccc(CN2CC3(CN(Cc4ccc(NC(=O)CCl)cc4)C3)C3=C(Cc4cc(OC)ccc43)C2CO)cc1. The lowest BCUT2D eigenvalue weighted by molar-refractivity contribution is -0.116. The number of ether oxygens (including phenoxy) is 2. The molecule has 6 aromatic carbocycles. The first-order chi connectivity index (χ1) is 43.3. The average Bonchev–Trinajstić information content (AvgIpc) is 1.66. The maximum absolute atomic E-state index is 11.9. The molecule has 2 saturated heterocycles. The van der Waals surface area contributed by atoms with Crippen molar-refractivity contribution in [1.29, 1.82) is 0 Å². The summed E-state index contributed by atoms with van der Waals surface area (Å²) >= 11 is 5.63. The zero-order valence-electron chi connectivity index (χ0n) is 50.9. The number of rotatable bonds is 22. The van der Waals surface area contributed by atoms with Crippen molar-refractivity contribution < 1.29 is 46.1 Å². The minimum absolute atomic E-state index is 0. The Balaban J connectivity index is 0.000000198. The Hall–Kier alpha value is -7.63. The highest BCUT2D eigenvalue weighted by Crippen LogP contribution is 2.57. The minimum atomic E-state index is -3.60. The number of fused-ring (bicyclic) bond motifs is 6.